The number of rotatable bonds is 5. The highest BCUT2D eigenvalue weighted by Gasteiger charge is 2.24. The lowest BCUT2D eigenvalue weighted by molar-refractivity contribution is -0.384. The van der Waals surface area contributed by atoms with Crippen molar-refractivity contribution in [2.75, 3.05) is 5.32 Å². The van der Waals surface area contributed by atoms with E-state index in [4.69, 9.17) is 0 Å². The van der Waals surface area contributed by atoms with Gasteiger partial charge in [0, 0.05) is 23.2 Å². The Balaban J connectivity index is 2.00. The summed E-state index contributed by atoms with van der Waals surface area (Å²) in [6.45, 7) is 9.39. The lowest BCUT2D eigenvalue weighted by Crippen LogP contribution is -2.34. The van der Waals surface area contributed by atoms with Gasteiger partial charge in [-0.25, -0.2) is 4.68 Å². The van der Waals surface area contributed by atoms with Crippen molar-refractivity contribution in [2.45, 2.75) is 52.6 Å². The summed E-state index contributed by atoms with van der Waals surface area (Å²) in [4.78, 5) is 36.1. The van der Waals surface area contributed by atoms with Gasteiger partial charge in [-0.2, -0.15) is 10.2 Å². The van der Waals surface area contributed by atoms with E-state index in [9.17, 15) is 19.7 Å². The molecule has 1 N–H and O–H groups in total. The lowest BCUT2D eigenvalue weighted by atomic mass is 10.1. The third-order valence-corrected chi connectivity index (χ3v) is 4.53. The fourth-order valence-corrected chi connectivity index (χ4v) is 3.17. The van der Waals surface area contributed by atoms with Crippen molar-refractivity contribution in [3.63, 3.8) is 0 Å². The van der Waals surface area contributed by atoms with E-state index in [0.29, 0.717) is 16.6 Å². The molecule has 0 fully saturated rings. The molecule has 10 heteroatoms. The zero-order valence-electron chi connectivity index (χ0n) is 17.5. The van der Waals surface area contributed by atoms with Crippen LogP contribution in [0.25, 0.3) is 10.9 Å². The van der Waals surface area contributed by atoms with Crippen LogP contribution < -0.4 is 10.9 Å². The van der Waals surface area contributed by atoms with Gasteiger partial charge in [0.05, 0.1) is 22.4 Å². The van der Waals surface area contributed by atoms with Gasteiger partial charge in [-0.15, -0.1) is 0 Å². The molecule has 2 aromatic heterocycles. The van der Waals surface area contributed by atoms with Crippen LogP contribution in [-0.4, -0.2) is 30.4 Å². The van der Waals surface area contributed by atoms with Gasteiger partial charge in [0.25, 0.3) is 11.2 Å². The number of nitrogens with zero attached hydrogens (tertiary/aromatic N) is 5. The molecule has 1 amide bonds. The normalized spacial score (nSPS) is 11.8. The van der Waals surface area contributed by atoms with Crippen molar-refractivity contribution in [1.29, 1.82) is 0 Å². The van der Waals surface area contributed by atoms with Crippen molar-refractivity contribution >= 4 is 28.2 Å². The first kappa shape index (κ1) is 21.2. The van der Waals surface area contributed by atoms with Crippen LogP contribution in [0.3, 0.4) is 0 Å². The minimum Gasteiger partial charge on any atom is -0.324 e. The summed E-state index contributed by atoms with van der Waals surface area (Å²) in [5, 5.41) is 23.0. The highest BCUT2D eigenvalue weighted by atomic mass is 16.6. The molecule has 0 aliphatic carbocycles. The topological polar surface area (TPSA) is 125 Å². The maximum Gasteiger partial charge on any atom is 0.293 e. The lowest BCUT2D eigenvalue weighted by Gasteiger charge is -2.21. The number of carbonyl (C=O) groups is 1. The number of carbonyl (C=O) groups excluding carboxylic acids is 1. The summed E-state index contributed by atoms with van der Waals surface area (Å²) in [6.07, 6.45) is 1.64. The molecule has 0 spiro atoms. The molecule has 0 saturated heterocycles. The monoisotopic (exact) mass is 412 g/mol. The summed E-state index contributed by atoms with van der Waals surface area (Å²) >= 11 is 0. The van der Waals surface area contributed by atoms with Gasteiger partial charge in [-0.3, -0.25) is 24.4 Å². The number of hydrogen-bond acceptors (Lipinski definition) is 6. The zero-order valence-corrected chi connectivity index (χ0v) is 17.5. The molecule has 2 heterocycles. The zero-order chi connectivity index (χ0) is 22.2. The maximum atomic E-state index is 13.1. The van der Waals surface area contributed by atoms with Gasteiger partial charge in [0.2, 0.25) is 5.91 Å². The second kappa shape index (κ2) is 7.69. The highest BCUT2D eigenvalue weighted by molar-refractivity contribution is 5.91. The van der Waals surface area contributed by atoms with Gasteiger partial charge >= 0.3 is 0 Å². The minimum absolute atomic E-state index is 0.0109. The molecule has 3 aromatic rings. The maximum absolute atomic E-state index is 13.1. The third kappa shape index (κ3) is 4.07. The molecule has 0 atom stereocenters. The summed E-state index contributed by atoms with van der Waals surface area (Å²) in [5.74, 6) is -0.502. The molecule has 0 aliphatic heterocycles. The molecule has 158 valence electrons. The first-order chi connectivity index (χ1) is 14.0. The van der Waals surface area contributed by atoms with Crippen LogP contribution in [0, 0.1) is 10.1 Å². The Morgan fingerprint density at radius 1 is 1.30 bits per heavy atom. The molecule has 0 saturated carbocycles. The number of aromatic nitrogens is 4. The Morgan fingerprint density at radius 2 is 2.00 bits per heavy atom. The van der Waals surface area contributed by atoms with E-state index in [-0.39, 0.29) is 23.8 Å². The Morgan fingerprint density at radius 3 is 2.60 bits per heavy atom. The second-order valence-electron chi connectivity index (χ2n) is 8.35. The Bertz CT molecular complexity index is 1190. The summed E-state index contributed by atoms with van der Waals surface area (Å²) < 4.78 is 2.77. The van der Waals surface area contributed by atoms with Crippen molar-refractivity contribution in [1.82, 2.24) is 19.6 Å². The number of fused-ring (bicyclic) bond motifs is 1. The minimum atomic E-state index is -0.543. The largest absolute Gasteiger partial charge is 0.324 e. The van der Waals surface area contributed by atoms with E-state index in [1.165, 1.54) is 18.2 Å². The smallest absolute Gasteiger partial charge is 0.293 e. The molecule has 3 rings (SSSR count). The molecule has 1 aromatic carbocycles. The van der Waals surface area contributed by atoms with Crippen LogP contribution in [0.4, 0.5) is 11.4 Å². The molecule has 0 aliphatic rings. The van der Waals surface area contributed by atoms with Crippen LogP contribution in [0.15, 0.2) is 35.3 Å². The number of amides is 1. The van der Waals surface area contributed by atoms with Crippen LogP contribution in [0.1, 0.15) is 46.2 Å². The quantitative estimate of drug-likeness (QED) is 0.507. The molecule has 0 unspecified atom stereocenters. The van der Waals surface area contributed by atoms with Crippen molar-refractivity contribution in [3.8, 4) is 0 Å². The van der Waals surface area contributed by atoms with Gasteiger partial charge in [-0.05, 0) is 32.8 Å². The average molecular weight is 412 g/mol. The summed E-state index contributed by atoms with van der Waals surface area (Å²) in [7, 11) is 0. The SMILES string of the molecule is CC(C)c1nn(CC(=O)Nc2cccc([N+](=O)[O-])c2)c(=O)c2c1cnn2C(C)(C)C. The predicted octanol–water partition coefficient (Wildman–Crippen LogP) is 3.02. The standard InChI is InChI=1S/C20H24N6O4/c1-12(2)17-15-10-21-25(20(3,4)5)18(15)19(28)24(23-17)11-16(27)22-13-7-6-8-14(9-13)26(29)30/h6-10,12H,11H2,1-5H3,(H,22,27). The Hall–Kier alpha value is -3.56. The van der Waals surface area contributed by atoms with Gasteiger partial charge in [0.1, 0.15) is 12.1 Å². The van der Waals surface area contributed by atoms with E-state index in [2.05, 4.69) is 15.5 Å². The van der Waals surface area contributed by atoms with E-state index in [1.807, 2.05) is 34.6 Å². The van der Waals surface area contributed by atoms with Crippen LogP contribution in [0.2, 0.25) is 0 Å². The number of hydrogen-bond donors (Lipinski definition) is 1. The Kier molecular flexibility index (Phi) is 5.43. The van der Waals surface area contributed by atoms with E-state index in [1.54, 1.807) is 16.9 Å². The first-order valence-electron chi connectivity index (χ1n) is 9.52. The van der Waals surface area contributed by atoms with Crippen molar-refractivity contribution in [2.24, 2.45) is 0 Å². The fraction of sp³-hybridized carbons (Fsp3) is 0.400. The number of nitro groups is 1. The molecule has 30 heavy (non-hydrogen) atoms. The highest BCUT2D eigenvalue weighted by Crippen LogP contribution is 2.24. The first-order valence-corrected chi connectivity index (χ1v) is 9.52. The number of benzene rings is 1. The molecule has 0 radical (unpaired) electrons. The fourth-order valence-electron chi connectivity index (χ4n) is 3.17. The molecule has 10 nitrogen and oxygen atoms in total. The van der Waals surface area contributed by atoms with E-state index in [0.717, 1.165) is 4.68 Å². The number of nitro benzene ring substituents is 1. The predicted molar refractivity (Wildman–Crippen MR) is 113 cm³/mol. The van der Waals surface area contributed by atoms with Crippen LogP contribution in [0.5, 0.6) is 0 Å². The van der Waals surface area contributed by atoms with Gasteiger partial charge in [0.15, 0.2) is 0 Å². The van der Waals surface area contributed by atoms with Crippen molar-refractivity contribution in [3.05, 3.63) is 56.6 Å². The van der Waals surface area contributed by atoms with Crippen LogP contribution in [-0.2, 0) is 16.9 Å². The summed E-state index contributed by atoms with van der Waals surface area (Å²) in [6, 6.07) is 5.60. The van der Waals surface area contributed by atoms with Gasteiger partial charge in [-0.1, -0.05) is 19.9 Å². The van der Waals surface area contributed by atoms with Crippen LogP contribution >= 0.6 is 0 Å². The molecule has 0 bridgehead atoms. The average Bonchev–Trinajstić information content (AvgIpc) is 3.09. The number of non-ortho nitro benzene ring substituents is 1. The number of nitrogens with one attached hydrogen (secondary N) is 1. The van der Waals surface area contributed by atoms with Crippen molar-refractivity contribution < 1.29 is 9.72 Å². The summed E-state index contributed by atoms with van der Waals surface area (Å²) in [5.41, 5.74) is 0.344. The molecular weight excluding hydrogens is 388 g/mol. The van der Waals surface area contributed by atoms with Gasteiger partial charge < -0.3 is 5.32 Å². The number of anilines is 1. The third-order valence-electron chi connectivity index (χ3n) is 4.53. The van der Waals surface area contributed by atoms with E-state index >= 15 is 0 Å². The Labute approximate surface area is 172 Å². The van der Waals surface area contributed by atoms with E-state index < -0.39 is 21.9 Å². The molecular formula is C20H24N6O4. The second-order valence-corrected chi connectivity index (χ2v) is 8.35.